The van der Waals surface area contributed by atoms with E-state index in [-0.39, 0.29) is 6.03 Å². The maximum absolute atomic E-state index is 13.4. The predicted molar refractivity (Wildman–Crippen MR) is 140 cm³/mol. The molecule has 8 heteroatoms. The minimum absolute atomic E-state index is 0.218. The number of hydrogen-bond acceptors (Lipinski definition) is 6. The Morgan fingerprint density at radius 3 is 2.38 bits per heavy atom. The van der Waals surface area contributed by atoms with Gasteiger partial charge in [-0.05, 0) is 37.1 Å². The molecule has 1 aliphatic heterocycles. The molecule has 37 heavy (non-hydrogen) atoms. The second-order valence-electron chi connectivity index (χ2n) is 8.86. The van der Waals surface area contributed by atoms with Crippen LogP contribution in [-0.2, 0) is 6.54 Å². The van der Waals surface area contributed by atoms with Gasteiger partial charge >= 0.3 is 6.03 Å². The molecule has 0 aliphatic carbocycles. The molecule has 1 N–H and O–H groups in total. The van der Waals surface area contributed by atoms with Crippen LogP contribution in [0.5, 0.6) is 11.5 Å². The van der Waals surface area contributed by atoms with Crippen LogP contribution in [0.25, 0.3) is 17.0 Å². The van der Waals surface area contributed by atoms with Crippen molar-refractivity contribution in [2.45, 2.75) is 26.4 Å². The highest BCUT2D eigenvalue weighted by Crippen LogP contribution is 2.38. The van der Waals surface area contributed by atoms with E-state index < -0.39 is 6.04 Å². The van der Waals surface area contributed by atoms with Crippen molar-refractivity contribution in [1.29, 1.82) is 0 Å². The third kappa shape index (κ3) is 4.78. The van der Waals surface area contributed by atoms with E-state index in [2.05, 4.69) is 10.5 Å². The van der Waals surface area contributed by atoms with Crippen molar-refractivity contribution in [2.24, 2.45) is 0 Å². The van der Waals surface area contributed by atoms with E-state index >= 15 is 0 Å². The van der Waals surface area contributed by atoms with Crippen molar-refractivity contribution >= 4 is 11.6 Å². The molecular formula is C29H28N4O4. The maximum Gasteiger partial charge on any atom is 0.322 e. The van der Waals surface area contributed by atoms with Crippen molar-refractivity contribution in [2.75, 3.05) is 14.2 Å². The van der Waals surface area contributed by atoms with Gasteiger partial charge in [-0.15, -0.1) is 0 Å². The first-order chi connectivity index (χ1) is 18.0. The number of urea groups is 1. The van der Waals surface area contributed by atoms with Crippen LogP contribution in [0.15, 0.2) is 83.0 Å². The lowest BCUT2D eigenvalue weighted by Crippen LogP contribution is -2.45. The smallest absolute Gasteiger partial charge is 0.322 e. The van der Waals surface area contributed by atoms with E-state index in [0.717, 1.165) is 33.5 Å². The number of amides is 2. The summed E-state index contributed by atoms with van der Waals surface area (Å²) in [5.74, 6) is 2.07. The van der Waals surface area contributed by atoms with E-state index in [1.807, 2.05) is 86.6 Å². The van der Waals surface area contributed by atoms with Crippen LogP contribution in [0, 0.1) is 6.92 Å². The number of rotatable bonds is 7. The summed E-state index contributed by atoms with van der Waals surface area (Å²) in [7, 11) is 3.18. The Labute approximate surface area is 215 Å². The Morgan fingerprint density at radius 2 is 1.68 bits per heavy atom. The lowest BCUT2D eigenvalue weighted by atomic mass is 9.94. The first kappa shape index (κ1) is 24.1. The second kappa shape index (κ2) is 10.2. The molecule has 1 unspecified atom stereocenters. The maximum atomic E-state index is 13.4. The van der Waals surface area contributed by atoms with Gasteiger partial charge in [0.05, 0.1) is 32.4 Å². The highest BCUT2D eigenvalue weighted by molar-refractivity contribution is 5.87. The molecule has 2 amide bonds. The fourth-order valence-electron chi connectivity index (χ4n) is 4.46. The van der Waals surface area contributed by atoms with Crippen molar-refractivity contribution in [1.82, 2.24) is 20.4 Å². The quantitative estimate of drug-likeness (QED) is 0.350. The van der Waals surface area contributed by atoms with Gasteiger partial charge in [0.15, 0.2) is 11.5 Å². The Hall–Kier alpha value is -4.59. The summed E-state index contributed by atoms with van der Waals surface area (Å²) in [6, 6.07) is 22.6. The minimum Gasteiger partial charge on any atom is -0.493 e. The average molecular weight is 497 g/mol. The SMILES string of the molecule is COc1ccc(CN2C(=O)NC(c3ccc(C)cc3)C(c3nc(-c4ccccc4)no3)=C2C)cc1OC. The molecule has 0 saturated carbocycles. The number of aromatic nitrogens is 2. The molecule has 0 saturated heterocycles. The zero-order chi connectivity index (χ0) is 25.9. The highest BCUT2D eigenvalue weighted by atomic mass is 16.5. The summed E-state index contributed by atoms with van der Waals surface area (Å²) in [6.07, 6.45) is 0. The van der Waals surface area contributed by atoms with Crippen molar-refractivity contribution < 1.29 is 18.8 Å². The Kier molecular flexibility index (Phi) is 6.64. The lowest BCUT2D eigenvalue weighted by molar-refractivity contribution is 0.203. The zero-order valence-electron chi connectivity index (χ0n) is 21.2. The number of methoxy groups -OCH3 is 2. The number of nitrogens with one attached hydrogen (secondary N) is 1. The van der Waals surface area contributed by atoms with Gasteiger partial charge < -0.3 is 19.3 Å². The largest absolute Gasteiger partial charge is 0.493 e. The normalized spacial score (nSPS) is 15.5. The number of allylic oxidation sites excluding steroid dienone is 1. The van der Waals surface area contributed by atoms with Crippen LogP contribution >= 0.6 is 0 Å². The standard InChI is InChI=1S/C29H28N4O4/c1-18-10-13-21(14-11-18)26-25(28-31-27(32-37-28)22-8-6-5-7-9-22)19(2)33(29(34)30-26)17-20-12-15-23(35-3)24(16-20)36-4/h5-16,26H,17H2,1-4H3,(H,30,34). The Bertz CT molecular complexity index is 1440. The van der Waals surface area contributed by atoms with Crippen LogP contribution < -0.4 is 14.8 Å². The van der Waals surface area contributed by atoms with Gasteiger partial charge in [0.2, 0.25) is 5.82 Å². The van der Waals surface area contributed by atoms with Gasteiger partial charge in [-0.25, -0.2) is 4.79 Å². The van der Waals surface area contributed by atoms with E-state index in [1.54, 1.807) is 19.1 Å². The van der Waals surface area contributed by atoms with Crippen LogP contribution in [0.2, 0.25) is 0 Å². The van der Waals surface area contributed by atoms with Gasteiger partial charge in [-0.1, -0.05) is 71.4 Å². The molecule has 1 aliphatic rings. The molecule has 2 heterocycles. The molecule has 4 aromatic rings. The van der Waals surface area contributed by atoms with Crippen LogP contribution in [-0.4, -0.2) is 35.3 Å². The number of carbonyl (C=O) groups excluding carboxylic acids is 1. The molecule has 0 spiro atoms. The third-order valence-corrected chi connectivity index (χ3v) is 6.48. The predicted octanol–water partition coefficient (Wildman–Crippen LogP) is 5.76. The Balaban J connectivity index is 1.58. The lowest BCUT2D eigenvalue weighted by Gasteiger charge is -2.35. The fraction of sp³-hybridized carbons (Fsp3) is 0.207. The van der Waals surface area contributed by atoms with Gasteiger partial charge in [0.1, 0.15) is 0 Å². The summed E-state index contributed by atoms with van der Waals surface area (Å²) in [6.45, 7) is 4.25. The molecule has 1 atom stereocenters. The first-order valence-corrected chi connectivity index (χ1v) is 11.9. The fourth-order valence-corrected chi connectivity index (χ4v) is 4.46. The molecule has 0 bridgehead atoms. The summed E-state index contributed by atoms with van der Waals surface area (Å²) in [4.78, 5) is 19.8. The monoisotopic (exact) mass is 496 g/mol. The number of ether oxygens (including phenoxy) is 2. The third-order valence-electron chi connectivity index (χ3n) is 6.48. The number of carbonyl (C=O) groups is 1. The van der Waals surface area contributed by atoms with Crippen molar-refractivity contribution in [3.63, 3.8) is 0 Å². The summed E-state index contributed by atoms with van der Waals surface area (Å²) in [5.41, 5.74) is 5.28. The molecule has 1 aromatic heterocycles. The van der Waals surface area contributed by atoms with Gasteiger partial charge in [0, 0.05) is 11.3 Å². The van der Waals surface area contributed by atoms with E-state index in [9.17, 15) is 4.79 Å². The number of nitrogens with zero attached hydrogens (tertiary/aromatic N) is 3. The number of aryl methyl sites for hydroxylation is 1. The second-order valence-corrected chi connectivity index (χ2v) is 8.86. The number of hydrogen-bond donors (Lipinski definition) is 1. The average Bonchev–Trinajstić information content (AvgIpc) is 3.41. The molecule has 5 rings (SSSR count). The van der Waals surface area contributed by atoms with Crippen LogP contribution in [0.1, 0.15) is 35.5 Å². The summed E-state index contributed by atoms with van der Waals surface area (Å²) < 4.78 is 16.6. The van der Waals surface area contributed by atoms with Gasteiger partial charge in [-0.2, -0.15) is 4.98 Å². The van der Waals surface area contributed by atoms with E-state index in [1.165, 1.54) is 0 Å². The zero-order valence-corrected chi connectivity index (χ0v) is 21.2. The van der Waals surface area contributed by atoms with E-state index in [0.29, 0.717) is 29.8 Å². The molecule has 0 radical (unpaired) electrons. The van der Waals surface area contributed by atoms with Crippen molar-refractivity contribution in [3.8, 4) is 22.9 Å². The van der Waals surface area contributed by atoms with E-state index in [4.69, 9.17) is 19.0 Å². The number of benzene rings is 3. The van der Waals surface area contributed by atoms with Crippen LogP contribution in [0.3, 0.4) is 0 Å². The summed E-state index contributed by atoms with van der Waals surface area (Å²) >= 11 is 0. The molecule has 188 valence electrons. The molecule has 3 aromatic carbocycles. The van der Waals surface area contributed by atoms with Gasteiger partial charge in [0.25, 0.3) is 5.89 Å². The highest BCUT2D eigenvalue weighted by Gasteiger charge is 2.36. The topological polar surface area (TPSA) is 89.7 Å². The van der Waals surface area contributed by atoms with Crippen molar-refractivity contribution in [3.05, 3.63) is 101 Å². The minimum atomic E-state index is -0.446. The molecular weight excluding hydrogens is 468 g/mol. The van der Waals surface area contributed by atoms with Gasteiger partial charge in [-0.3, -0.25) is 4.90 Å². The summed E-state index contributed by atoms with van der Waals surface area (Å²) in [5, 5.41) is 7.37. The Morgan fingerprint density at radius 1 is 0.946 bits per heavy atom. The molecule has 0 fully saturated rings. The van der Waals surface area contributed by atoms with Crippen LogP contribution in [0.4, 0.5) is 4.79 Å². The molecule has 8 nitrogen and oxygen atoms in total. The first-order valence-electron chi connectivity index (χ1n) is 11.9.